The molecule has 1 aliphatic heterocycles. The second kappa shape index (κ2) is 9.67. The number of alkyl halides is 2. The summed E-state index contributed by atoms with van der Waals surface area (Å²) >= 11 is 6.14. The van der Waals surface area contributed by atoms with Crippen molar-refractivity contribution in [1.29, 1.82) is 0 Å². The Kier molecular flexibility index (Phi) is 6.70. The highest BCUT2D eigenvalue weighted by Gasteiger charge is 2.64. The number of aliphatic hydroxyl groups is 1. The van der Waals surface area contributed by atoms with Crippen molar-refractivity contribution in [3.63, 3.8) is 0 Å². The third-order valence-corrected chi connectivity index (χ3v) is 9.68. The van der Waals surface area contributed by atoms with Crippen molar-refractivity contribution in [1.82, 2.24) is 0 Å². The minimum absolute atomic E-state index is 0.0620. The van der Waals surface area contributed by atoms with E-state index >= 15 is 4.39 Å². The number of ketones is 2. The minimum Gasteiger partial charge on any atom is -0.390 e. The number of benzene rings is 1. The molecule has 12 heteroatoms. The molecule has 7 atom stereocenters. The highest BCUT2D eigenvalue weighted by molar-refractivity contribution is 7.86. The van der Waals surface area contributed by atoms with Crippen LogP contribution in [0.25, 0.3) is 0 Å². The quantitative estimate of drug-likeness (QED) is 0.498. The molecule has 0 aromatic heterocycles. The third-order valence-electron chi connectivity index (χ3n) is 8.88. The molecule has 0 saturated carbocycles. The van der Waals surface area contributed by atoms with Crippen LogP contribution in [0.15, 0.2) is 70.0 Å². The van der Waals surface area contributed by atoms with E-state index in [0.717, 1.165) is 18.4 Å². The van der Waals surface area contributed by atoms with Crippen molar-refractivity contribution in [2.45, 2.75) is 50.7 Å². The summed E-state index contributed by atoms with van der Waals surface area (Å²) in [5, 5.41) is 12.3. The molecule has 41 heavy (non-hydrogen) atoms. The third kappa shape index (κ3) is 4.27. The summed E-state index contributed by atoms with van der Waals surface area (Å²) in [6, 6.07) is 6.44. The number of rotatable bonds is 5. The normalized spacial score (nSPS) is 34.6. The van der Waals surface area contributed by atoms with Crippen LogP contribution in [0.4, 0.5) is 14.5 Å². The standard InChI is InChI=1S/C29H28ClF2NO7S/c1-13-8-18-25(14(13)2)28-26(27(18)32)20-11-22(34)17-9-21(31)23(35)10-19(17)29(20,24(36)12-39-41(3,37)38)40-33(28)16-6-4-15(30)5-7-16/h4-7,9,11,13-14,19,21,23,27,35H,8,10,12H2,1-3H3/t13-,14-,19-,21+,23-,27-,29+/m0/s1. The van der Waals surface area contributed by atoms with E-state index in [-0.39, 0.29) is 28.6 Å². The van der Waals surface area contributed by atoms with Crippen molar-refractivity contribution in [3.05, 3.63) is 75.0 Å². The van der Waals surface area contributed by atoms with Crippen LogP contribution < -0.4 is 5.06 Å². The lowest BCUT2D eigenvalue weighted by Crippen LogP contribution is -2.62. The monoisotopic (exact) mass is 607 g/mol. The van der Waals surface area contributed by atoms with Gasteiger partial charge < -0.3 is 5.11 Å². The molecule has 8 nitrogen and oxygen atoms in total. The van der Waals surface area contributed by atoms with Gasteiger partial charge in [-0.05, 0) is 72.2 Å². The van der Waals surface area contributed by atoms with Gasteiger partial charge in [0.25, 0.3) is 10.1 Å². The lowest BCUT2D eigenvalue weighted by Gasteiger charge is -2.52. The Balaban J connectivity index is 1.63. The highest BCUT2D eigenvalue weighted by Crippen LogP contribution is 2.60. The molecule has 218 valence electrons. The Hall–Kier alpha value is -2.70. The molecule has 0 amide bonds. The topological polar surface area (TPSA) is 110 Å². The molecular weight excluding hydrogens is 580 g/mol. The number of hydrogen-bond acceptors (Lipinski definition) is 8. The molecule has 1 heterocycles. The average Bonchev–Trinajstić information content (AvgIpc) is 3.36. The molecule has 1 N–H and O–H groups in total. The van der Waals surface area contributed by atoms with Crippen LogP contribution in [0.1, 0.15) is 26.7 Å². The number of aliphatic hydroxyl groups excluding tert-OH is 1. The number of carbonyl (C=O) groups excluding carboxylic acids is 2. The van der Waals surface area contributed by atoms with E-state index in [4.69, 9.17) is 20.6 Å². The number of hydrogen-bond donors (Lipinski definition) is 1. The zero-order valence-electron chi connectivity index (χ0n) is 22.4. The number of Topliss-reactive ketones (excluding diaryl/α,β-unsaturated/α-hetero) is 1. The van der Waals surface area contributed by atoms with E-state index < -0.39 is 64.7 Å². The minimum atomic E-state index is -4.09. The summed E-state index contributed by atoms with van der Waals surface area (Å²) in [5.74, 6) is -2.76. The van der Waals surface area contributed by atoms with Gasteiger partial charge in [-0.25, -0.2) is 18.7 Å². The van der Waals surface area contributed by atoms with Crippen LogP contribution in [0.5, 0.6) is 0 Å². The lowest BCUT2D eigenvalue weighted by atomic mass is 9.62. The van der Waals surface area contributed by atoms with Gasteiger partial charge in [0, 0.05) is 27.7 Å². The fraction of sp³-hybridized carbons (Fsp3) is 0.448. The Labute approximate surface area is 241 Å². The molecule has 0 spiro atoms. The van der Waals surface area contributed by atoms with E-state index in [1.165, 1.54) is 5.06 Å². The first-order chi connectivity index (χ1) is 19.2. The maximum atomic E-state index is 16.6. The molecule has 0 bridgehead atoms. The van der Waals surface area contributed by atoms with Gasteiger partial charge in [0.2, 0.25) is 0 Å². The second-order valence-electron chi connectivity index (χ2n) is 11.4. The van der Waals surface area contributed by atoms with Gasteiger partial charge >= 0.3 is 0 Å². The number of allylic oxidation sites excluding steroid dienone is 3. The van der Waals surface area contributed by atoms with Crippen LogP contribution in [0.2, 0.25) is 5.02 Å². The maximum Gasteiger partial charge on any atom is 0.264 e. The van der Waals surface area contributed by atoms with Gasteiger partial charge in [0.1, 0.15) is 19.0 Å². The molecule has 0 radical (unpaired) electrons. The van der Waals surface area contributed by atoms with Crippen LogP contribution >= 0.6 is 11.6 Å². The van der Waals surface area contributed by atoms with Crippen molar-refractivity contribution in [2.75, 3.05) is 17.9 Å². The zero-order valence-corrected chi connectivity index (χ0v) is 24.0. The van der Waals surface area contributed by atoms with Crippen LogP contribution in [0.3, 0.4) is 0 Å². The molecule has 0 fully saturated rings. The van der Waals surface area contributed by atoms with Crippen LogP contribution in [-0.2, 0) is 28.7 Å². The number of nitrogens with zero attached hydrogens (tertiary/aromatic N) is 1. The van der Waals surface area contributed by atoms with Crippen LogP contribution in [-0.4, -0.2) is 62.0 Å². The first kappa shape index (κ1) is 28.4. The number of carbonyl (C=O) groups is 2. The van der Waals surface area contributed by atoms with E-state index in [1.54, 1.807) is 24.3 Å². The largest absolute Gasteiger partial charge is 0.390 e. The van der Waals surface area contributed by atoms with Gasteiger partial charge in [-0.15, -0.1) is 0 Å². The summed E-state index contributed by atoms with van der Waals surface area (Å²) < 4.78 is 59.9. The highest BCUT2D eigenvalue weighted by atomic mass is 35.5. The van der Waals surface area contributed by atoms with Gasteiger partial charge in [-0.2, -0.15) is 8.42 Å². The molecule has 0 unspecified atom stereocenters. The molecular formula is C29H28ClF2NO7S. The Morgan fingerprint density at radius 3 is 2.56 bits per heavy atom. The smallest absolute Gasteiger partial charge is 0.264 e. The number of halogens is 3. The SMILES string of the molecule is C[C@@H]1C2=C(C[C@@H]1C)[C@H](F)C1=C2N(c2ccc(Cl)cc2)O[C@@]2(C(=O)COS(C)(=O)=O)C1=CC(=O)C1=C[C@@H](F)[C@@H](O)C[C@@H]12. The molecule has 5 aliphatic rings. The first-order valence-corrected chi connectivity index (χ1v) is 15.5. The molecule has 6 rings (SSSR count). The first-order valence-electron chi connectivity index (χ1n) is 13.3. The van der Waals surface area contributed by atoms with Gasteiger partial charge in [-0.3, -0.25) is 13.8 Å². The predicted molar refractivity (Wildman–Crippen MR) is 146 cm³/mol. The van der Waals surface area contributed by atoms with Crippen LogP contribution in [0, 0.1) is 17.8 Å². The van der Waals surface area contributed by atoms with E-state index in [0.29, 0.717) is 34.0 Å². The lowest BCUT2D eigenvalue weighted by molar-refractivity contribution is -0.153. The number of fused-ring (bicyclic) bond motifs is 5. The van der Waals surface area contributed by atoms with Crippen molar-refractivity contribution in [2.24, 2.45) is 17.8 Å². The van der Waals surface area contributed by atoms with E-state index in [1.807, 2.05) is 13.8 Å². The van der Waals surface area contributed by atoms with Gasteiger partial charge in [-0.1, -0.05) is 25.4 Å². The Morgan fingerprint density at radius 2 is 1.90 bits per heavy atom. The molecule has 1 aromatic carbocycles. The summed E-state index contributed by atoms with van der Waals surface area (Å²) in [6.45, 7) is 3.00. The second-order valence-corrected chi connectivity index (χ2v) is 13.4. The van der Waals surface area contributed by atoms with E-state index in [2.05, 4.69) is 0 Å². The molecule has 1 aromatic rings. The summed E-state index contributed by atoms with van der Waals surface area (Å²) in [5.41, 5.74) is -0.332. The van der Waals surface area contributed by atoms with Gasteiger partial charge in [0.15, 0.2) is 17.2 Å². The molecule has 4 aliphatic carbocycles. The zero-order chi connectivity index (χ0) is 29.6. The average molecular weight is 608 g/mol. The summed E-state index contributed by atoms with van der Waals surface area (Å²) in [7, 11) is -4.09. The molecule has 0 saturated heterocycles. The predicted octanol–water partition coefficient (Wildman–Crippen LogP) is 4.11. The Bertz CT molecular complexity index is 1600. The number of hydroxylamine groups is 1. The van der Waals surface area contributed by atoms with Crippen molar-refractivity contribution < 1.29 is 40.9 Å². The van der Waals surface area contributed by atoms with Crippen molar-refractivity contribution in [3.8, 4) is 0 Å². The maximum absolute atomic E-state index is 16.6. The number of anilines is 1. The summed E-state index contributed by atoms with van der Waals surface area (Å²) in [4.78, 5) is 34.2. The van der Waals surface area contributed by atoms with E-state index in [9.17, 15) is 27.5 Å². The Morgan fingerprint density at radius 1 is 1.22 bits per heavy atom. The van der Waals surface area contributed by atoms with Crippen molar-refractivity contribution >= 4 is 39.0 Å². The fourth-order valence-electron chi connectivity index (χ4n) is 6.79. The fourth-order valence-corrected chi connectivity index (χ4v) is 7.23. The van der Waals surface area contributed by atoms with Gasteiger partial charge in [0.05, 0.1) is 23.7 Å². The summed E-state index contributed by atoms with van der Waals surface area (Å²) in [6.07, 6.45) is -2.29.